The number of aliphatic carboxylic acids is 1. The second-order valence-corrected chi connectivity index (χ2v) is 5.04. The van der Waals surface area contributed by atoms with Gasteiger partial charge in [-0.15, -0.1) is 0 Å². The Kier molecular flexibility index (Phi) is 3.88. The molecule has 0 aromatic heterocycles. The highest BCUT2D eigenvalue weighted by Crippen LogP contribution is 2.33. The molecule has 1 saturated heterocycles. The molecule has 98 valence electrons. The van der Waals surface area contributed by atoms with E-state index in [-0.39, 0.29) is 12.0 Å². The summed E-state index contributed by atoms with van der Waals surface area (Å²) in [5, 5.41) is 12.6. The molecule has 3 nitrogen and oxygen atoms in total. The summed E-state index contributed by atoms with van der Waals surface area (Å²) in [5.41, 5.74) is 1.38. The van der Waals surface area contributed by atoms with E-state index in [4.69, 9.17) is 16.7 Å². The molecule has 2 rings (SSSR count). The fourth-order valence-electron chi connectivity index (χ4n) is 2.23. The van der Waals surface area contributed by atoms with Gasteiger partial charge in [-0.1, -0.05) is 23.7 Å². The van der Waals surface area contributed by atoms with Crippen LogP contribution in [0.5, 0.6) is 0 Å². The van der Waals surface area contributed by atoms with Crippen molar-refractivity contribution in [3.8, 4) is 0 Å². The summed E-state index contributed by atoms with van der Waals surface area (Å²) in [4.78, 5) is 10.9. The van der Waals surface area contributed by atoms with Gasteiger partial charge in [-0.05, 0) is 30.5 Å². The molecule has 1 aromatic carbocycles. The maximum atomic E-state index is 13.1. The van der Waals surface area contributed by atoms with E-state index in [2.05, 4.69) is 5.32 Å². The van der Waals surface area contributed by atoms with Crippen LogP contribution in [0.15, 0.2) is 18.2 Å². The highest BCUT2D eigenvalue weighted by Gasteiger charge is 2.31. The standard InChI is InChI=1S/C13H15ClFNO2/c1-7(15)8-2-3-10(11(14)4-8)12-5-9(6-16-12)13(17)18/h2-4,7,9,12,16H,5-6H2,1H3,(H,17,18). The van der Waals surface area contributed by atoms with Crippen LogP contribution in [0.4, 0.5) is 4.39 Å². The van der Waals surface area contributed by atoms with Gasteiger partial charge in [0.25, 0.3) is 0 Å². The zero-order valence-electron chi connectivity index (χ0n) is 9.99. The highest BCUT2D eigenvalue weighted by atomic mass is 35.5. The predicted molar refractivity (Wildman–Crippen MR) is 67.5 cm³/mol. The number of alkyl halides is 1. The van der Waals surface area contributed by atoms with Crippen LogP contribution in [0.25, 0.3) is 0 Å². The van der Waals surface area contributed by atoms with Gasteiger partial charge in [0.05, 0.1) is 5.92 Å². The van der Waals surface area contributed by atoms with E-state index in [1.54, 1.807) is 18.2 Å². The minimum Gasteiger partial charge on any atom is -0.481 e. The van der Waals surface area contributed by atoms with Gasteiger partial charge in [0, 0.05) is 17.6 Å². The van der Waals surface area contributed by atoms with E-state index >= 15 is 0 Å². The maximum Gasteiger partial charge on any atom is 0.307 e. The minimum atomic E-state index is -1.06. The Bertz CT molecular complexity index is 464. The van der Waals surface area contributed by atoms with Crippen molar-refractivity contribution in [3.63, 3.8) is 0 Å². The number of carboxylic acids is 1. The van der Waals surface area contributed by atoms with Crippen LogP contribution in [-0.4, -0.2) is 17.6 Å². The Morgan fingerprint density at radius 2 is 2.33 bits per heavy atom. The van der Waals surface area contributed by atoms with E-state index in [0.29, 0.717) is 23.6 Å². The van der Waals surface area contributed by atoms with Gasteiger partial charge in [0.1, 0.15) is 6.17 Å². The fraction of sp³-hybridized carbons (Fsp3) is 0.462. The van der Waals surface area contributed by atoms with Crippen LogP contribution < -0.4 is 5.32 Å². The average molecular weight is 272 g/mol. The Hall–Kier alpha value is -1.13. The Labute approximate surface area is 110 Å². The van der Waals surface area contributed by atoms with Crippen molar-refractivity contribution in [2.45, 2.75) is 25.6 Å². The molecule has 2 N–H and O–H groups in total. The first-order chi connectivity index (χ1) is 8.49. The first kappa shape index (κ1) is 13.3. The van der Waals surface area contributed by atoms with Crippen molar-refractivity contribution < 1.29 is 14.3 Å². The molecular weight excluding hydrogens is 257 g/mol. The molecule has 0 amide bonds. The molecular formula is C13H15ClFNO2. The van der Waals surface area contributed by atoms with Crippen LogP contribution in [0, 0.1) is 5.92 Å². The lowest BCUT2D eigenvalue weighted by atomic mass is 9.98. The summed E-state index contributed by atoms with van der Waals surface area (Å²) in [6.45, 7) is 1.90. The number of nitrogens with one attached hydrogen (secondary N) is 1. The van der Waals surface area contributed by atoms with Crippen molar-refractivity contribution in [3.05, 3.63) is 34.3 Å². The Morgan fingerprint density at radius 3 is 2.83 bits per heavy atom. The van der Waals surface area contributed by atoms with Crippen LogP contribution >= 0.6 is 11.6 Å². The van der Waals surface area contributed by atoms with Crippen LogP contribution in [-0.2, 0) is 4.79 Å². The Morgan fingerprint density at radius 1 is 1.61 bits per heavy atom. The van der Waals surface area contributed by atoms with Crippen molar-refractivity contribution in [1.29, 1.82) is 0 Å². The molecule has 1 heterocycles. The van der Waals surface area contributed by atoms with Gasteiger partial charge >= 0.3 is 5.97 Å². The number of rotatable bonds is 3. The third-order valence-electron chi connectivity index (χ3n) is 3.34. The number of benzene rings is 1. The Balaban J connectivity index is 2.17. The summed E-state index contributed by atoms with van der Waals surface area (Å²) in [6.07, 6.45) is -0.542. The number of carbonyl (C=O) groups is 1. The third-order valence-corrected chi connectivity index (χ3v) is 3.67. The van der Waals surface area contributed by atoms with E-state index in [1.807, 2.05) is 0 Å². The number of hydrogen-bond acceptors (Lipinski definition) is 2. The summed E-state index contributed by atoms with van der Waals surface area (Å²) in [7, 11) is 0. The maximum absolute atomic E-state index is 13.1. The van der Waals surface area contributed by atoms with E-state index < -0.39 is 12.1 Å². The zero-order chi connectivity index (χ0) is 13.3. The number of hydrogen-bond donors (Lipinski definition) is 2. The van der Waals surface area contributed by atoms with Crippen LogP contribution in [0.3, 0.4) is 0 Å². The zero-order valence-corrected chi connectivity index (χ0v) is 10.7. The molecule has 18 heavy (non-hydrogen) atoms. The third kappa shape index (κ3) is 2.65. The second-order valence-electron chi connectivity index (χ2n) is 4.63. The molecule has 1 aliphatic rings. The molecule has 0 spiro atoms. The van der Waals surface area contributed by atoms with Gasteiger partial charge in [-0.25, -0.2) is 4.39 Å². The van der Waals surface area contributed by atoms with Gasteiger partial charge in [-0.3, -0.25) is 4.79 Å². The van der Waals surface area contributed by atoms with Crippen molar-refractivity contribution in [1.82, 2.24) is 5.32 Å². The lowest BCUT2D eigenvalue weighted by Crippen LogP contribution is -2.17. The molecule has 0 radical (unpaired) electrons. The topological polar surface area (TPSA) is 49.3 Å². The first-order valence-electron chi connectivity index (χ1n) is 5.88. The van der Waals surface area contributed by atoms with E-state index in [9.17, 15) is 9.18 Å². The molecule has 0 saturated carbocycles. The van der Waals surface area contributed by atoms with Crippen molar-refractivity contribution in [2.24, 2.45) is 5.92 Å². The largest absolute Gasteiger partial charge is 0.481 e. The molecule has 3 atom stereocenters. The summed E-state index contributed by atoms with van der Waals surface area (Å²) in [6, 6.07) is 5.01. The lowest BCUT2D eigenvalue weighted by molar-refractivity contribution is -0.141. The van der Waals surface area contributed by atoms with Crippen molar-refractivity contribution >= 4 is 17.6 Å². The highest BCUT2D eigenvalue weighted by molar-refractivity contribution is 6.31. The molecule has 1 aliphatic heterocycles. The molecule has 1 aromatic rings. The quantitative estimate of drug-likeness (QED) is 0.888. The van der Waals surface area contributed by atoms with Crippen molar-refractivity contribution in [2.75, 3.05) is 6.54 Å². The van der Waals surface area contributed by atoms with Gasteiger partial charge in [-0.2, -0.15) is 0 Å². The summed E-state index contributed by atoms with van der Waals surface area (Å²) >= 11 is 6.13. The molecule has 3 unspecified atom stereocenters. The van der Waals surface area contributed by atoms with Gasteiger partial charge in [0.2, 0.25) is 0 Å². The average Bonchev–Trinajstić information content (AvgIpc) is 2.78. The predicted octanol–water partition coefficient (Wildman–Crippen LogP) is 3.11. The second kappa shape index (κ2) is 5.24. The van der Waals surface area contributed by atoms with Gasteiger partial charge in [0.15, 0.2) is 0 Å². The molecule has 5 heteroatoms. The normalized spacial score (nSPS) is 25.1. The molecule has 1 fully saturated rings. The smallest absolute Gasteiger partial charge is 0.307 e. The molecule has 0 bridgehead atoms. The first-order valence-corrected chi connectivity index (χ1v) is 6.26. The monoisotopic (exact) mass is 271 g/mol. The summed E-state index contributed by atoms with van der Waals surface area (Å²) < 4.78 is 13.1. The number of carboxylic acid groups (broad SMARTS) is 1. The number of halogens is 2. The SMILES string of the molecule is CC(F)c1ccc(C2CC(C(=O)O)CN2)c(Cl)c1. The van der Waals surface area contributed by atoms with Crippen LogP contribution in [0.2, 0.25) is 5.02 Å². The molecule has 0 aliphatic carbocycles. The van der Waals surface area contributed by atoms with Gasteiger partial charge < -0.3 is 10.4 Å². The van der Waals surface area contributed by atoms with Crippen LogP contribution in [0.1, 0.15) is 36.7 Å². The van der Waals surface area contributed by atoms with E-state index in [0.717, 1.165) is 5.56 Å². The van der Waals surface area contributed by atoms with E-state index in [1.165, 1.54) is 6.92 Å². The minimum absolute atomic E-state index is 0.0671. The summed E-state index contributed by atoms with van der Waals surface area (Å²) in [5.74, 6) is -1.18. The lowest BCUT2D eigenvalue weighted by Gasteiger charge is -2.14. The fourth-order valence-corrected chi connectivity index (χ4v) is 2.55.